The van der Waals surface area contributed by atoms with Crippen LogP contribution in [0.5, 0.6) is 0 Å². The summed E-state index contributed by atoms with van der Waals surface area (Å²) in [6.45, 7) is 3.23. The maximum Gasteiger partial charge on any atom is 0.106 e. The van der Waals surface area contributed by atoms with Crippen LogP contribution in [0, 0.1) is 0 Å². The predicted molar refractivity (Wildman–Crippen MR) is 98.0 cm³/mol. The van der Waals surface area contributed by atoms with E-state index < -0.39 is 0 Å². The highest BCUT2D eigenvalue weighted by molar-refractivity contribution is 5.79. The molecule has 2 heterocycles. The first-order chi connectivity index (χ1) is 11.7. The molecule has 0 saturated heterocycles. The van der Waals surface area contributed by atoms with Crippen LogP contribution in [-0.2, 0) is 18.4 Å². The van der Waals surface area contributed by atoms with Gasteiger partial charge in [0, 0.05) is 42.5 Å². The normalized spacial score (nSPS) is 13.9. The van der Waals surface area contributed by atoms with Crippen molar-refractivity contribution in [3.05, 3.63) is 90.6 Å². The van der Waals surface area contributed by atoms with Crippen molar-refractivity contribution in [3.63, 3.8) is 0 Å². The van der Waals surface area contributed by atoms with Crippen LogP contribution in [0.4, 0.5) is 0 Å². The van der Waals surface area contributed by atoms with Gasteiger partial charge in [-0.3, -0.25) is 0 Å². The number of nitrogens with one attached hydrogen (secondary N) is 1. The molecule has 1 unspecified atom stereocenters. The van der Waals surface area contributed by atoms with E-state index in [9.17, 15) is 0 Å². The number of benzene rings is 2. The minimum Gasteiger partial charge on any atom is -0.349 e. The molecule has 0 radical (unpaired) electrons. The monoisotopic (exact) mass is 315 g/mol. The number of hydrogen-bond donors (Lipinski definition) is 1. The first-order valence-electron chi connectivity index (χ1n) is 8.32. The Kier molecular flexibility index (Phi) is 3.69. The zero-order valence-electron chi connectivity index (χ0n) is 13.8. The molecule has 3 heteroatoms. The molecule has 0 bridgehead atoms. The van der Waals surface area contributed by atoms with Crippen molar-refractivity contribution >= 4 is 10.9 Å². The van der Waals surface area contributed by atoms with Crippen LogP contribution in [0.25, 0.3) is 10.9 Å². The Labute approximate surface area is 142 Å². The van der Waals surface area contributed by atoms with Crippen LogP contribution in [0.2, 0.25) is 0 Å². The minimum atomic E-state index is -0.0408. The number of aromatic nitrogens is 3. The average Bonchev–Trinajstić information content (AvgIpc) is 3.26. The van der Waals surface area contributed by atoms with Crippen molar-refractivity contribution < 1.29 is 0 Å². The third-order valence-electron chi connectivity index (χ3n) is 4.78. The Morgan fingerprint density at radius 2 is 1.79 bits per heavy atom. The molecular weight excluding hydrogens is 294 g/mol. The first-order valence-corrected chi connectivity index (χ1v) is 8.32. The van der Waals surface area contributed by atoms with Crippen LogP contribution in [0.3, 0.4) is 0 Å². The van der Waals surface area contributed by atoms with E-state index in [2.05, 4.69) is 88.3 Å². The number of nitrogens with zero attached hydrogens (tertiary/aromatic N) is 2. The zero-order valence-corrected chi connectivity index (χ0v) is 13.8. The van der Waals surface area contributed by atoms with E-state index in [0.717, 1.165) is 18.8 Å². The number of para-hydroxylation sites is 1. The second kappa shape index (κ2) is 6.00. The lowest BCUT2D eigenvalue weighted by Crippen LogP contribution is -2.31. The van der Waals surface area contributed by atoms with E-state index in [1.807, 2.05) is 12.4 Å². The summed E-state index contributed by atoms with van der Waals surface area (Å²) in [5, 5.41) is 1.28. The van der Waals surface area contributed by atoms with E-state index >= 15 is 0 Å². The molecule has 0 aliphatic heterocycles. The number of hydrogen-bond acceptors (Lipinski definition) is 1. The standard InChI is InChI=1S/C21H21N3/c1-21(15-20-22-12-13-23-20,18-8-3-2-4-9-18)16-24-14-11-17-7-5-6-10-19(17)24/h2-14H,15-16H2,1H3,(H,22,23). The van der Waals surface area contributed by atoms with Gasteiger partial charge in [0.05, 0.1) is 0 Å². The second-order valence-corrected chi connectivity index (χ2v) is 6.64. The molecule has 120 valence electrons. The van der Waals surface area contributed by atoms with Crippen LogP contribution >= 0.6 is 0 Å². The van der Waals surface area contributed by atoms with Crippen LogP contribution < -0.4 is 0 Å². The zero-order chi connectivity index (χ0) is 16.4. The highest BCUT2D eigenvalue weighted by atomic mass is 15.0. The molecule has 1 atom stereocenters. The minimum absolute atomic E-state index is 0.0408. The fraction of sp³-hybridized carbons (Fsp3) is 0.190. The molecule has 0 aliphatic carbocycles. The summed E-state index contributed by atoms with van der Waals surface area (Å²) in [4.78, 5) is 7.71. The largest absolute Gasteiger partial charge is 0.349 e. The molecule has 2 aromatic carbocycles. The molecule has 4 rings (SSSR count). The van der Waals surface area contributed by atoms with Crippen molar-refractivity contribution in [3.8, 4) is 0 Å². The number of aromatic amines is 1. The maximum absolute atomic E-state index is 4.45. The van der Waals surface area contributed by atoms with E-state index in [-0.39, 0.29) is 5.41 Å². The first kappa shape index (κ1) is 14.8. The average molecular weight is 315 g/mol. The van der Waals surface area contributed by atoms with E-state index in [1.165, 1.54) is 16.5 Å². The molecule has 3 nitrogen and oxygen atoms in total. The van der Waals surface area contributed by atoms with E-state index in [0.29, 0.717) is 0 Å². The topological polar surface area (TPSA) is 33.6 Å². The van der Waals surface area contributed by atoms with Gasteiger partial charge >= 0.3 is 0 Å². The van der Waals surface area contributed by atoms with Crippen molar-refractivity contribution in [2.24, 2.45) is 0 Å². The molecule has 2 aromatic heterocycles. The maximum atomic E-state index is 4.45. The summed E-state index contributed by atoms with van der Waals surface area (Å²) in [6.07, 6.45) is 6.78. The Morgan fingerprint density at radius 1 is 1.00 bits per heavy atom. The van der Waals surface area contributed by atoms with Gasteiger partial charge in [0.15, 0.2) is 0 Å². The van der Waals surface area contributed by atoms with Gasteiger partial charge in [-0.15, -0.1) is 0 Å². The fourth-order valence-electron chi connectivity index (χ4n) is 3.51. The molecule has 0 saturated carbocycles. The highest BCUT2D eigenvalue weighted by Crippen LogP contribution is 2.31. The molecule has 0 amide bonds. The number of imidazole rings is 1. The summed E-state index contributed by atoms with van der Waals surface area (Å²) >= 11 is 0. The quantitative estimate of drug-likeness (QED) is 0.575. The van der Waals surface area contributed by atoms with Crippen LogP contribution in [0.1, 0.15) is 18.3 Å². The van der Waals surface area contributed by atoms with Gasteiger partial charge in [-0.25, -0.2) is 4.98 Å². The van der Waals surface area contributed by atoms with Gasteiger partial charge in [-0.05, 0) is 23.1 Å². The Balaban J connectivity index is 1.75. The summed E-state index contributed by atoms with van der Waals surface area (Å²) in [6, 6.07) is 21.5. The number of fused-ring (bicyclic) bond motifs is 1. The molecule has 0 spiro atoms. The number of H-pyrrole nitrogens is 1. The van der Waals surface area contributed by atoms with Crippen molar-refractivity contribution in [2.45, 2.75) is 25.3 Å². The highest BCUT2D eigenvalue weighted by Gasteiger charge is 2.29. The van der Waals surface area contributed by atoms with Crippen LogP contribution in [-0.4, -0.2) is 14.5 Å². The Morgan fingerprint density at radius 3 is 2.58 bits per heavy atom. The molecule has 1 N–H and O–H groups in total. The smallest absolute Gasteiger partial charge is 0.106 e. The lowest BCUT2D eigenvalue weighted by Gasteiger charge is -2.30. The summed E-state index contributed by atoms with van der Waals surface area (Å²) in [5.41, 5.74) is 2.57. The van der Waals surface area contributed by atoms with Crippen molar-refractivity contribution in [1.29, 1.82) is 0 Å². The molecule has 4 aromatic rings. The lowest BCUT2D eigenvalue weighted by molar-refractivity contribution is 0.393. The van der Waals surface area contributed by atoms with Gasteiger partial charge < -0.3 is 9.55 Å². The van der Waals surface area contributed by atoms with Gasteiger partial charge in [0.25, 0.3) is 0 Å². The lowest BCUT2D eigenvalue weighted by atomic mass is 9.79. The summed E-state index contributed by atoms with van der Waals surface area (Å²) in [7, 11) is 0. The summed E-state index contributed by atoms with van der Waals surface area (Å²) < 4.78 is 2.35. The number of rotatable bonds is 5. The Bertz CT molecular complexity index is 922. The second-order valence-electron chi connectivity index (χ2n) is 6.64. The molecule has 24 heavy (non-hydrogen) atoms. The molecule has 0 fully saturated rings. The summed E-state index contributed by atoms with van der Waals surface area (Å²) in [5.74, 6) is 1.03. The van der Waals surface area contributed by atoms with Gasteiger partial charge in [0.1, 0.15) is 5.82 Å². The molecular formula is C21H21N3. The van der Waals surface area contributed by atoms with Crippen LogP contribution in [0.15, 0.2) is 79.3 Å². The van der Waals surface area contributed by atoms with Crippen molar-refractivity contribution in [1.82, 2.24) is 14.5 Å². The predicted octanol–water partition coefficient (Wildman–Crippen LogP) is 4.57. The molecule has 0 aliphatic rings. The van der Waals surface area contributed by atoms with E-state index in [4.69, 9.17) is 0 Å². The van der Waals surface area contributed by atoms with E-state index in [1.54, 1.807) is 0 Å². The van der Waals surface area contributed by atoms with Gasteiger partial charge in [-0.1, -0.05) is 55.5 Å². The van der Waals surface area contributed by atoms with Gasteiger partial charge in [-0.2, -0.15) is 0 Å². The van der Waals surface area contributed by atoms with Gasteiger partial charge in [0.2, 0.25) is 0 Å². The SMILES string of the molecule is CC(Cc1ncc[nH]1)(Cn1ccc2ccccc21)c1ccccc1. The fourth-order valence-corrected chi connectivity index (χ4v) is 3.51. The third kappa shape index (κ3) is 2.73. The Hall–Kier alpha value is -2.81. The van der Waals surface area contributed by atoms with Crippen molar-refractivity contribution in [2.75, 3.05) is 0 Å². The third-order valence-corrected chi connectivity index (χ3v) is 4.78.